The number of H-pyrrole nitrogens is 1. The molecule has 0 radical (unpaired) electrons. The van der Waals surface area contributed by atoms with Gasteiger partial charge in [0.2, 0.25) is 0 Å². The Morgan fingerprint density at radius 1 is 1.65 bits per heavy atom. The van der Waals surface area contributed by atoms with Crippen molar-refractivity contribution in [3.63, 3.8) is 0 Å². The number of nitrogens with one attached hydrogen (secondary N) is 2. The van der Waals surface area contributed by atoms with E-state index in [2.05, 4.69) is 42.8 Å². The van der Waals surface area contributed by atoms with Gasteiger partial charge >= 0.3 is 0 Å². The molecular weight excluding hydrogens is 371 g/mol. The molecule has 0 bridgehead atoms. The number of piperidine rings is 1. The van der Waals surface area contributed by atoms with Crippen LogP contribution in [-0.2, 0) is 4.74 Å². The van der Waals surface area contributed by atoms with Crippen LogP contribution in [0.2, 0.25) is 0 Å². The van der Waals surface area contributed by atoms with E-state index in [1.807, 2.05) is 0 Å². The van der Waals surface area contributed by atoms with E-state index < -0.39 is 0 Å². The first-order chi connectivity index (χ1) is 9.72. The summed E-state index contributed by atoms with van der Waals surface area (Å²) in [5.74, 6) is 1.41. The highest BCUT2D eigenvalue weighted by Crippen LogP contribution is 2.23. The summed E-state index contributed by atoms with van der Waals surface area (Å²) in [6, 6.07) is 0. The van der Waals surface area contributed by atoms with Gasteiger partial charge in [0.15, 0.2) is 0 Å². The molecule has 0 amide bonds. The molecule has 7 heteroatoms. The number of aromatic amines is 1. The van der Waals surface area contributed by atoms with Crippen molar-refractivity contribution in [2.24, 2.45) is 5.92 Å². The maximum atomic E-state index is 11.7. The fourth-order valence-corrected chi connectivity index (χ4v) is 3.13. The average molecular weight is 392 g/mol. The number of methoxy groups -OCH3 is 1. The van der Waals surface area contributed by atoms with E-state index in [1.54, 1.807) is 7.11 Å². The van der Waals surface area contributed by atoms with Crippen LogP contribution in [0.15, 0.2) is 11.1 Å². The third kappa shape index (κ3) is 4.16. The minimum Gasteiger partial charge on any atom is -0.383 e. The molecule has 1 aliphatic rings. The van der Waals surface area contributed by atoms with Crippen LogP contribution in [0.1, 0.15) is 12.8 Å². The smallest absolute Gasteiger partial charge is 0.266 e. The molecule has 1 aliphatic heterocycles. The highest BCUT2D eigenvalue weighted by Gasteiger charge is 2.22. The average Bonchev–Trinajstić information content (AvgIpc) is 2.47. The Morgan fingerprint density at radius 3 is 3.30 bits per heavy atom. The number of rotatable bonds is 6. The Kier molecular flexibility index (Phi) is 6.24. The first kappa shape index (κ1) is 15.7. The van der Waals surface area contributed by atoms with E-state index >= 15 is 0 Å². The molecular formula is C13H21IN4O2. The number of ether oxygens (including phenoxy) is 1. The van der Waals surface area contributed by atoms with E-state index in [1.165, 1.54) is 12.7 Å². The van der Waals surface area contributed by atoms with Crippen LogP contribution in [0.4, 0.5) is 5.82 Å². The standard InChI is InChI=1S/C13H21IN4O2/c1-20-6-4-15-7-10-3-2-5-18(8-10)12-11(14)13(19)17-9-16-12/h9-10,15H,2-8H2,1H3,(H,16,17,19). The molecule has 1 aromatic heterocycles. The topological polar surface area (TPSA) is 70.2 Å². The van der Waals surface area contributed by atoms with Gasteiger partial charge in [-0.1, -0.05) is 0 Å². The van der Waals surface area contributed by atoms with Crippen molar-refractivity contribution in [1.29, 1.82) is 0 Å². The SMILES string of the molecule is COCCNCC1CCCN(c2nc[nH]c(=O)c2I)C1. The maximum absolute atomic E-state index is 11.7. The molecule has 112 valence electrons. The second-order valence-electron chi connectivity index (χ2n) is 5.02. The molecule has 0 aromatic carbocycles. The van der Waals surface area contributed by atoms with E-state index in [-0.39, 0.29) is 5.56 Å². The van der Waals surface area contributed by atoms with Gasteiger partial charge < -0.3 is 19.9 Å². The molecule has 0 spiro atoms. The third-order valence-corrected chi connectivity index (χ3v) is 4.48. The summed E-state index contributed by atoms with van der Waals surface area (Å²) in [5.41, 5.74) is -0.0593. The Hall–Kier alpha value is -0.670. The van der Waals surface area contributed by atoms with Crippen LogP contribution < -0.4 is 15.8 Å². The molecule has 20 heavy (non-hydrogen) atoms. The predicted octanol–water partition coefficient (Wildman–Crippen LogP) is 0.827. The van der Waals surface area contributed by atoms with Crippen molar-refractivity contribution < 1.29 is 4.74 Å². The zero-order valence-corrected chi connectivity index (χ0v) is 13.9. The van der Waals surface area contributed by atoms with Gasteiger partial charge in [0.1, 0.15) is 9.39 Å². The zero-order chi connectivity index (χ0) is 14.4. The first-order valence-electron chi connectivity index (χ1n) is 6.90. The van der Waals surface area contributed by atoms with Gasteiger partial charge in [-0.2, -0.15) is 0 Å². The lowest BCUT2D eigenvalue weighted by Crippen LogP contribution is -2.41. The normalized spacial score (nSPS) is 19.3. The van der Waals surface area contributed by atoms with Crippen molar-refractivity contribution in [2.75, 3.05) is 44.8 Å². The zero-order valence-electron chi connectivity index (χ0n) is 11.7. The Morgan fingerprint density at radius 2 is 2.50 bits per heavy atom. The molecule has 1 atom stereocenters. The predicted molar refractivity (Wildman–Crippen MR) is 87.3 cm³/mol. The fraction of sp³-hybridized carbons (Fsp3) is 0.692. The van der Waals surface area contributed by atoms with Gasteiger partial charge in [0, 0.05) is 26.7 Å². The molecule has 2 N–H and O–H groups in total. The molecule has 1 saturated heterocycles. The van der Waals surface area contributed by atoms with Crippen LogP contribution in [0.3, 0.4) is 0 Å². The molecule has 0 aliphatic carbocycles. The molecule has 0 saturated carbocycles. The summed E-state index contributed by atoms with van der Waals surface area (Å²) in [5, 5.41) is 3.41. The molecule has 1 aromatic rings. The molecule has 1 fully saturated rings. The lowest BCUT2D eigenvalue weighted by molar-refractivity contribution is 0.197. The van der Waals surface area contributed by atoms with Crippen LogP contribution in [-0.4, -0.2) is 49.9 Å². The largest absolute Gasteiger partial charge is 0.383 e. The van der Waals surface area contributed by atoms with Crippen molar-refractivity contribution in [1.82, 2.24) is 15.3 Å². The summed E-state index contributed by atoms with van der Waals surface area (Å²) < 4.78 is 5.71. The maximum Gasteiger partial charge on any atom is 0.266 e. The highest BCUT2D eigenvalue weighted by atomic mass is 127. The lowest BCUT2D eigenvalue weighted by atomic mass is 9.98. The third-order valence-electron chi connectivity index (χ3n) is 3.51. The molecule has 2 rings (SSSR count). The summed E-state index contributed by atoms with van der Waals surface area (Å²) in [6.07, 6.45) is 3.84. The van der Waals surface area contributed by atoms with Crippen LogP contribution in [0.5, 0.6) is 0 Å². The first-order valence-corrected chi connectivity index (χ1v) is 7.98. The van der Waals surface area contributed by atoms with Crippen molar-refractivity contribution in [3.8, 4) is 0 Å². The summed E-state index contributed by atoms with van der Waals surface area (Å²) in [6.45, 7) is 4.53. The van der Waals surface area contributed by atoms with Crippen LogP contribution >= 0.6 is 22.6 Å². The van der Waals surface area contributed by atoms with E-state index in [0.29, 0.717) is 9.49 Å². The lowest BCUT2D eigenvalue weighted by Gasteiger charge is -2.34. The second-order valence-corrected chi connectivity index (χ2v) is 6.10. The second kappa shape index (κ2) is 7.94. The van der Waals surface area contributed by atoms with Gasteiger partial charge in [-0.25, -0.2) is 4.98 Å². The minimum atomic E-state index is -0.0593. The van der Waals surface area contributed by atoms with Gasteiger partial charge in [0.05, 0.1) is 12.9 Å². The fourth-order valence-electron chi connectivity index (χ4n) is 2.50. The number of anilines is 1. The minimum absolute atomic E-state index is 0.0593. The summed E-state index contributed by atoms with van der Waals surface area (Å²) in [7, 11) is 1.71. The summed E-state index contributed by atoms with van der Waals surface area (Å²) >= 11 is 2.07. The van der Waals surface area contributed by atoms with Crippen molar-refractivity contribution >= 4 is 28.4 Å². The molecule has 6 nitrogen and oxygen atoms in total. The van der Waals surface area contributed by atoms with Gasteiger partial charge in [-0.05, 0) is 47.9 Å². The Labute approximate surface area is 132 Å². The van der Waals surface area contributed by atoms with Gasteiger partial charge in [-0.15, -0.1) is 0 Å². The Bertz CT molecular complexity index is 480. The van der Waals surface area contributed by atoms with Crippen molar-refractivity contribution in [3.05, 3.63) is 20.3 Å². The van der Waals surface area contributed by atoms with Gasteiger partial charge in [0.25, 0.3) is 5.56 Å². The summed E-state index contributed by atoms with van der Waals surface area (Å²) in [4.78, 5) is 20.8. The quantitative estimate of drug-likeness (QED) is 0.555. The highest BCUT2D eigenvalue weighted by molar-refractivity contribution is 14.1. The molecule has 2 heterocycles. The number of halogens is 1. The number of nitrogens with zero attached hydrogens (tertiary/aromatic N) is 2. The van der Waals surface area contributed by atoms with E-state index in [4.69, 9.17) is 4.74 Å². The number of hydrogen-bond donors (Lipinski definition) is 2. The van der Waals surface area contributed by atoms with E-state index in [9.17, 15) is 4.79 Å². The van der Waals surface area contributed by atoms with Crippen LogP contribution in [0, 0.1) is 9.49 Å². The monoisotopic (exact) mass is 392 g/mol. The number of hydrogen-bond acceptors (Lipinski definition) is 5. The van der Waals surface area contributed by atoms with E-state index in [0.717, 1.165) is 45.0 Å². The molecule has 1 unspecified atom stereocenters. The van der Waals surface area contributed by atoms with Crippen molar-refractivity contribution in [2.45, 2.75) is 12.8 Å². The number of aromatic nitrogens is 2. The Balaban J connectivity index is 1.93. The van der Waals surface area contributed by atoms with Crippen LogP contribution in [0.25, 0.3) is 0 Å². The van der Waals surface area contributed by atoms with Gasteiger partial charge in [-0.3, -0.25) is 4.79 Å².